The van der Waals surface area contributed by atoms with E-state index in [4.69, 9.17) is 0 Å². The van der Waals surface area contributed by atoms with E-state index in [9.17, 15) is 0 Å². The standard InChI is InChI=1S/C17H36N2/c1-7-17(6)10-13-19(14-11-17)15(2)9-8-12-18-16(3,4)5/h15,18H,7-14H2,1-6H3. The molecule has 1 N–H and O–H groups in total. The Morgan fingerprint density at radius 3 is 2.26 bits per heavy atom. The summed E-state index contributed by atoms with van der Waals surface area (Å²) in [7, 11) is 0. The number of rotatable bonds is 6. The maximum Gasteiger partial charge on any atom is 0.00965 e. The third-order valence-corrected chi connectivity index (χ3v) is 4.94. The largest absolute Gasteiger partial charge is 0.312 e. The molecule has 0 amide bonds. The molecule has 1 unspecified atom stereocenters. The molecular formula is C17H36N2. The van der Waals surface area contributed by atoms with Crippen molar-refractivity contribution in [1.29, 1.82) is 0 Å². The Kier molecular flexibility index (Phi) is 6.32. The van der Waals surface area contributed by atoms with Crippen molar-refractivity contribution in [3.63, 3.8) is 0 Å². The molecule has 0 aromatic heterocycles. The van der Waals surface area contributed by atoms with E-state index in [0.717, 1.165) is 12.6 Å². The Labute approximate surface area is 121 Å². The molecule has 2 heteroatoms. The third-order valence-electron chi connectivity index (χ3n) is 4.94. The van der Waals surface area contributed by atoms with Gasteiger partial charge in [-0.25, -0.2) is 0 Å². The van der Waals surface area contributed by atoms with Crippen molar-refractivity contribution >= 4 is 0 Å². The lowest BCUT2D eigenvalue weighted by molar-refractivity contribution is 0.0825. The van der Waals surface area contributed by atoms with Gasteiger partial charge in [-0.15, -0.1) is 0 Å². The van der Waals surface area contributed by atoms with Gasteiger partial charge in [-0.1, -0.05) is 20.3 Å². The van der Waals surface area contributed by atoms with Gasteiger partial charge in [-0.3, -0.25) is 0 Å². The van der Waals surface area contributed by atoms with Crippen molar-refractivity contribution in [2.45, 2.75) is 85.2 Å². The molecule has 1 aliphatic heterocycles. The summed E-state index contributed by atoms with van der Waals surface area (Å²) in [6.45, 7) is 17.7. The van der Waals surface area contributed by atoms with E-state index in [0.29, 0.717) is 5.41 Å². The highest BCUT2D eigenvalue weighted by Gasteiger charge is 2.29. The molecule has 0 spiro atoms. The molecule has 0 aromatic carbocycles. The topological polar surface area (TPSA) is 15.3 Å². The molecule has 0 aromatic rings. The van der Waals surface area contributed by atoms with Gasteiger partial charge >= 0.3 is 0 Å². The quantitative estimate of drug-likeness (QED) is 0.731. The van der Waals surface area contributed by atoms with Gasteiger partial charge in [-0.2, -0.15) is 0 Å². The van der Waals surface area contributed by atoms with Crippen LogP contribution < -0.4 is 5.32 Å². The maximum absolute atomic E-state index is 3.58. The number of nitrogens with one attached hydrogen (secondary N) is 1. The van der Waals surface area contributed by atoms with Gasteiger partial charge in [0.1, 0.15) is 0 Å². The molecular weight excluding hydrogens is 232 g/mol. The van der Waals surface area contributed by atoms with E-state index in [1.165, 1.54) is 45.2 Å². The summed E-state index contributed by atoms with van der Waals surface area (Å²) in [5, 5.41) is 3.58. The van der Waals surface area contributed by atoms with Crippen LogP contribution in [-0.4, -0.2) is 36.1 Å². The highest BCUT2D eigenvalue weighted by Crippen LogP contribution is 2.34. The number of hydrogen-bond donors (Lipinski definition) is 1. The predicted molar refractivity (Wildman–Crippen MR) is 85.7 cm³/mol. The lowest BCUT2D eigenvalue weighted by Crippen LogP contribution is -2.43. The van der Waals surface area contributed by atoms with Gasteiger partial charge in [0.2, 0.25) is 0 Å². The van der Waals surface area contributed by atoms with E-state index < -0.39 is 0 Å². The van der Waals surface area contributed by atoms with Gasteiger partial charge in [0.25, 0.3) is 0 Å². The van der Waals surface area contributed by atoms with Crippen LogP contribution in [0.2, 0.25) is 0 Å². The molecule has 114 valence electrons. The highest BCUT2D eigenvalue weighted by molar-refractivity contribution is 4.83. The molecule has 1 rings (SSSR count). The number of nitrogens with zero attached hydrogens (tertiary/aromatic N) is 1. The van der Waals surface area contributed by atoms with Crippen molar-refractivity contribution in [3.8, 4) is 0 Å². The van der Waals surface area contributed by atoms with Crippen LogP contribution in [0.1, 0.15) is 73.6 Å². The van der Waals surface area contributed by atoms with E-state index in [1.807, 2.05) is 0 Å². The summed E-state index contributed by atoms with van der Waals surface area (Å²) in [5.41, 5.74) is 0.876. The first kappa shape index (κ1) is 17.0. The number of piperidine rings is 1. The monoisotopic (exact) mass is 268 g/mol. The predicted octanol–water partition coefficient (Wildman–Crippen LogP) is 4.06. The minimum atomic E-state index is 0.261. The van der Waals surface area contributed by atoms with Crippen LogP contribution in [0, 0.1) is 5.41 Å². The fraction of sp³-hybridized carbons (Fsp3) is 1.00. The van der Waals surface area contributed by atoms with Crippen LogP contribution in [0.15, 0.2) is 0 Å². The molecule has 0 aliphatic carbocycles. The molecule has 0 bridgehead atoms. The molecule has 1 aliphatic rings. The highest BCUT2D eigenvalue weighted by atomic mass is 15.2. The Morgan fingerprint density at radius 1 is 1.21 bits per heavy atom. The van der Waals surface area contributed by atoms with Crippen LogP contribution in [0.5, 0.6) is 0 Å². The van der Waals surface area contributed by atoms with Gasteiger partial charge < -0.3 is 10.2 Å². The number of likely N-dealkylation sites (tertiary alicyclic amines) is 1. The second kappa shape index (κ2) is 7.08. The Hall–Kier alpha value is -0.0800. The van der Waals surface area contributed by atoms with Gasteiger partial charge in [0.15, 0.2) is 0 Å². The zero-order valence-corrected chi connectivity index (χ0v) is 14.2. The zero-order valence-electron chi connectivity index (χ0n) is 14.2. The molecule has 0 saturated carbocycles. The Bertz CT molecular complexity index is 246. The summed E-state index contributed by atoms with van der Waals surface area (Å²) in [5.74, 6) is 0. The second-order valence-corrected chi connectivity index (χ2v) is 7.87. The average Bonchev–Trinajstić information content (AvgIpc) is 2.34. The SMILES string of the molecule is CCC1(C)CCN(C(C)CCCNC(C)(C)C)CC1. The number of hydrogen-bond acceptors (Lipinski definition) is 2. The van der Waals surface area contributed by atoms with E-state index in [-0.39, 0.29) is 5.54 Å². The Balaban J connectivity index is 2.19. The van der Waals surface area contributed by atoms with Crippen molar-refractivity contribution < 1.29 is 0 Å². The van der Waals surface area contributed by atoms with Gasteiger partial charge in [-0.05, 0) is 78.4 Å². The van der Waals surface area contributed by atoms with E-state index in [2.05, 4.69) is 51.8 Å². The van der Waals surface area contributed by atoms with E-state index in [1.54, 1.807) is 0 Å². The van der Waals surface area contributed by atoms with Crippen molar-refractivity contribution in [1.82, 2.24) is 10.2 Å². The summed E-state index contributed by atoms with van der Waals surface area (Å²) in [6, 6.07) is 0.753. The maximum atomic E-state index is 3.58. The van der Waals surface area contributed by atoms with Crippen LogP contribution in [0.25, 0.3) is 0 Å². The van der Waals surface area contributed by atoms with Crippen molar-refractivity contribution in [3.05, 3.63) is 0 Å². The lowest BCUT2D eigenvalue weighted by Gasteiger charge is -2.41. The minimum absolute atomic E-state index is 0.261. The van der Waals surface area contributed by atoms with Crippen LogP contribution in [-0.2, 0) is 0 Å². The summed E-state index contributed by atoms with van der Waals surface area (Å²) in [6.07, 6.45) is 6.72. The van der Waals surface area contributed by atoms with Crippen LogP contribution in [0.4, 0.5) is 0 Å². The molecule has 1 fully saturated rings. The first-order valence-corrected chi connectivity index (χ1v) is 8.25. The fourth-order valence-corrected chi connectivity index (χ4v) is 2.90. The normalized spacial score (nSPS) is 22.4. The first-order chi connectivity index (χ1) is 8.76. The fourth-order valence-electron chi connectivity index (χ4n) is 2.90. The average molecular weight is 268 g/mol. The molecule has 0 radical (unpaired) electrons. The van der Waals surface area contributed by atoms with Crippen LogP contribution >= 0.6 is 0 Å². The first-order valence-electron chi connectivity index (χ1n) is 8.25. The van der Waals surface area contributed by atoms with Crippen molar-refractivity contribution in [2.75, 3.05) is 19.6 Å². The molecule has 1 heterocycles. The minimum Gasteiger partial charge on any atom is -0.312 e. The molecule has 19 heavy (non-hydrogen) atoms. The van der Waals surface area contributed by atoms with E-state index >= 15 is 0 Å². The summed E-state index contributed by atoms with van der Waals surface area (Å²) in [4.78, 5) is 2.70. The molecule has 1 saturated heterocycles. The zero-order chi connectivity index (χ0) is 14.5. The van der Waals surface area contributed by atoms with Gasteiger partial charge in [0.05, 0.1) is 0 Å². The summed E-state index contributed by atoms with van der Waals surface area (Å²) < 4.78 is 0. The molecule has 2 nitrogen and oxygen atoms in total. The Morgan fingerprint density at radius 2 is 1.79 bits per heavy atom. The smallest absolute Gasteiger partial charge is 0.00965 e. The molecule has 1 atom stereocenters. The van der Waals surface area contributed by atoms with Crippen LogP contribution in [0.3, 0.4) is 0 Å². The lowest BCUT2D eigenvalue weighted by atomic mass is 9.78. The summed E-state index contributed by atoms with van der Waals surface area (Å²) >= 11 is 0. The third kappa shape index (κ3) is 6.27. The second-order valence-electron chi connectivity index (χ2n) is 7.87. The van der Waals surface area contributed by atoms with Crippen molar-refractivity contribution in [2.24, 2.45) is 5.41 Å². The van der Waals surface area contributed by atoms with Gasteiger partial charge in [0, 0.05) is 11.6 Å².